The van der Waals surface area contributed by atoms with Crippen LogP contribution in [0.3, 0.4) is 0 Å². The number of rotatable bonds is 2. The molecule has 0 N–H and O–H groups in total. The van der Waals surface area contributed by atoms with Crippen LogP contribution in [-0.4, -0.2) is 3.81 Å². The summed E-state index contributed by atoms with van der Waals surface area (Å²) in [6.45, 7) is 0. The normalized spacial score (nSPS) is 11.6. The third-order valence-corrected chi connectivity index (χ3v) is 6.14. The number of fused-ring (bicyclic) bond motifs is 3. The maximum atomic E-state index is 2.99. The van der Waals surface area contributed by atoms with Crippen LogP contribution >= 0.6 is 0 Å². The Kier molecular flexibility index (Phi) is 7.87. The van der Waals surface area contributed by atoms with Crippen LogP contribution in [0.1, 0.15) is 17.5 Å². The summed E-state index contributed by atoms with van der Waals surface area (Å²) in [7, 11) is 0. The molecule has 0 nitrogen and oxygen atoms in total. The van der Waals surface area contributed by atoms with E-state index < -0.39 is 0 Å². The second-order valence-electron chi connectivity index (χ2n) is 7.43. The molecule has 0 fully saturated rings. The minimum Gasteiger partial charge on any atom is -0.126 e. The summed E-state index contributed by atoms with van der Waals surface area (Å²) in [4.78, 5) is 0. The van der Waals surface area contributed by atoms with E-state index in [-0.39, 0.29) is 0 Å². The van der Waals surface area contributed by atoms with E-state index in [0.29, 0.717) is 0 Å². The average Bonchev–Trinajstić information content (AvgIpc) is 3.57. The van der Waals surface area contributed by atoms with E-state index in [0.717, 1.165) is 6.42 Å². The van der Waals surface area contributed by atoms with Crippen molar-refractivity contribution in [3.8, 4) is 0 Å². The summed E-state index contributed by atoms with van der Waals surface area (Å²) in [6.07, 6.45) is 10.0. The molecule has 5 aromatic rings. The first-order valence-electron chi connectivity index (χ1n) is 10.8. The van der Waals surface area contributed by atoms with Crippen LogP contribution in [0.15, 0.2) is 133 Å². The molecule has 152 valence electrons. The number of hydrogen-bond acceptors (Lipinski definition) is 0. The number of allylic oxidation sites excluding steroid dienone is 4. The quantitative estimate of drug-likeness (QED) is 0.192. The molecule has 0 heterocycles. The molecule has 1 heteroatoms. The Morgan fingerprint density at radius 3 is 1.50 bits per heavy atom. The fourth-order valence-corrected chi connectivity index (χ4v) is 4.14. The number of benzene rings is 4. The van der Waals surface area contributed by atoms with Crippen LogP contribution in [-0.2, 0) is 20.0 Å². The van der Waals surface area contributed by atoms with Crippen molar-refractivity contribution in [2.75, 3.05) is 0 Å². The minimum absolute atomic E-state index is 1.01. The number of hydrogen-bond donors (Lipinski definition) is 0. The topological polar surface area (TPSA) is 0 Å². The maximum absolute atomic E-state index is 2.99. The zero-order valence-electron chi connectivity index (χ0n) is 17.9. The molecule has 5 aromatic carbocycles. The maximum Gasteiger partial charge on any atom is -0.0771 e. The van der Waals surface area contributed by atoms with Gasteiger partial charge in [0.05, 0.1) is 0 Å². The zero-order chi connectivity index (χ0) is 22.0. The summed E-state index contributed by atoms with van der Waals surface area (Å²) in [6, 6.07) is 40.2. The summed E-state index contributed by atoms with van der Waals surface area (Å²) in [5.41, 5.74) is 2.58. The molecule has 0 radical (unpaired) electrons. The van der Waals surface area contributed by atoms with Crippen molar-refractivity contribution in [2.24, 2.45) is 0 Å². The van der Waals surface area contributed by atoms with Crippen molar-refractivity contribution < 1.29 is 20.0 Å². The monoisotopic (exact) mass is 444 g/mol. The predicted molar refractivity (Wildman–Crippen MR) is 135 cm³/mol. The molecule has 32 heavy (non-hydrogen) atoms. The van der Waals surface area contributed by atoms with Gasteiger partial charge in [0.25, 0.3) is 0 Å². The van der Waals surface area contributed by atoms with Gasteiger partial charge in [0.2, 0.25) is 0 Å². The fourth-order valence-electron chi connectivity index (χ4n) is 3.62. The van der Waals surface area contributed by atoms with Gasteiger partial charge in [-0.05, 0) is 0 Å². The molecule has 1 aliphatic carbocycles. The van der Waals surface area contributed by atoms with Crippen LogP contribution in [0.5, 0.6) is 0 Å². The van der Waals surface area contributed by atoms with E-state index in [2.05, 4.69) is 135 Å². The molecule has 0 atom stereocenters. The summed E-state index contributed by atoms with van der Waals surface area (Å²) in [5.74, 6) is 0. The third kappa shape index (κ3) is 5.74. The Bertz CT molecular complexity index is 1240. The van der Waals surface area contributed by atoms with Crippen molar-refractivity contribution in [1.29, 1.82) is 0 Å². The Morgan fingerprint density at radius 1 is 0.625 bits per heavy atom. The van der Waals surface area contributed by atoms with Gasteiger partial charge in [-0.1, -0.05) is 36.4 Å². The van der Waals surface area contributed by atoms with Crippen molar-refractivity contribution in [1.82, 2.24) is 0 Å². The van der Waals surface area contributed by atoms with E-state index in [9.17, 15) is 0 Å². The third-order valence-electron chi connectivity index (χ3n) is 5.23. The van der Waals surface area contributed by atoms with Crippen LogP contribution in [0, 0.1) is 6.08 Å². The smallest absolute Gasteiger partial charge is 0.0771 e. The standard InChI is InChI=1S/C13H9.C13H10.C5H5.Ti/c1-3-7-12-10(5-1)9-11-6-2-4-8-13(11)12;1-3-7-12(8-4-1)11-13-9-5-2-6-10-13;1-2-4-5-3-1;/h1-9H;1-10H;1-3H,4H2;/q-1;;-1;+2. The van der Waals surface area contributed by atoms with Gasteiger partial charge in [-0.15, -0.1) is 46.2 Å². The summed E-state index contributed by atoms with van der Waals surface area (Å²) in [5, 5.41) is 5.39. The van der Waals surface area contributed by atoms with Crippen molar-refractivity contribution in [3.63, 3.8) is 0 Å². The van der Waals surface area contributed by atoms with Crippen LogP contribution < -0.4 is 0 Å². The first kappa shape index (κ1) is 22.0. The summed E-state index contributed by atoms with van der Waals surface area (Å²) < 4.78 is 1.33. The Hall–Kier alpha value is -3.19. The zero-order valence-corrected chi connectivity index (χ0v) is 19.5. The van der Waals surface area contributed by atoms with Gasteiger partial charge >= 0.3 is 95.6 Å². The van der Waals surface area contributed by atoms with E-state index in [1.54, 1.807) is 0 Å². The van der Waals surface area contributed by atoms with Crippen LogP contribution in [0.2, 0.25) is 0 Å². The predicted octanol–water partition coefficient (Wildman–Crippen LogP) is 7.82. The molecule has 0 saturated carbocycles. The molecule has 0 amide bonds. The van der Waals surface area contributed by atoms with E-state index in [1.165, 1.54) is 36.5 Å². The minimum atomic E-state index is 1.01. The van der Waals surface area contributed by atoms with Gasteiger partial charge in [-0.2, -0.15) is 6.08 Å². The molecule has 1 aliphatic rings. The van der Waals surface area contributed by atoms with Gasteiger partial charge < -0.3 is 0 Å². The SMILES string of the molecule is [C-]1=CC=CC1.[Ti+2]=[C](c1ccccc1)c1ccccc1.c1ccc2c(c1)[cH-]c1ccccc12. The van der Waals surface area contributed by atoms with Crippen molar-refractivity contribution in [2.45, 2.75) is 6.42 Å². The first-order chi connectivity index (χ1) is 15.8. The second kappa shape index (κ2) is 11.4. The molecule has 0 aliphatic heterocycles. The molecule has 0 unspecified atom stereocenters. The van der Waals surface area contributed by atoms with E-state index in [1.807, 2.05) is 24.3 Å². The fraction of sp³-hybridized carbons (Fsp3) is 0.0323. The molecular weight excluding hydrogens is 420 g/mol. The molecule has 0 spiro atoms. The Morgan fingerprint density at radius 2 is 1.09 bits per heavy atom. The Balaban J connectivity index is 0.000000127. The molecular formula is C31H24Ti. The van der Waals surface area contributed by atoms with Gasteiger partial charge in [-0.3, -0.25) is 6.08 Å². The van der Waals surface area contributed by atoms with Gasteiger partial charge in [-0.25, -0.2) is 12.2 Å². The van der Waals surface area contributed by atoms with Gasteiger partial charge in [0, 0.05) is 0 Å². The average molecular weight is 444 g/mol. The Labute approximate surface area is 201 Å². The molecule has 0 saturated heterocycles. The largest absolute Gasteiger partial charge is 0.126 e. The van der Waals surface area contributed by atoms with E-state index in [4.69, 9.17) is 0 Å². The van der Waals surface area contributed by atoms with Crippen molar-refractivity contribution >= 4 is 25.4 Å². The van der Waals surface area contributed by atoms with Crippen molar-refractivity contribution in [3.05, 3.63) is 151 Å². The molecule has 0 bridgehead atoms. The van der Waals surface area contributed by atoms with Crippen LogP contribution in [0.25, 0.3) is 21.5 Å². The van der Waals surface area contributed by atoms with Gasteiger partial charge in [0.1, 0.15) is 0 Å². The van der Waals surface area contributed by atoms with E-state index >= 15 is 0 Å². The van der Waals surface area contributed by atoms with Gasteiger partial charge in [0.15, 0.2) is 0 Å². The first-order valence-corrected chi connectivity index (χ1v) is 11.6. The van der Waals surface area contributed by atoms with Crippen LogP contribution in [0.4, 0.5) is 0 Å². The second-order valence-corrected chi connectivity index (χ2v) is 8.21. The molecule has 0 aromatic heterocycles. The molecule has 6 rings (SSSR count). The summed E-state index contributed by atoms with van der Waals surface area (Å²) >= 11 is 2.16.